The fourth-order valence-corrected chi connectivity index (χ4v) is 4.63. The van der Waals surface area contributed by atoms with Gasteiger partial charge in [0.25, 0.3) is 0 Å². The number of rotatable bonds is 5. The Morgan fingerprint density at radius 3 is 1.92 bits per heavy atom. The molecule has 1 aromatic rings. The molecule has 0 bridgehead atoms. The summed E-state index contributed by atoms with van der Waals surface area (Å²) in [4.78, 5) is -0.587. The van der Waals surface area contributed by atoms with Crippen LogP contribution in [0.2, 0.25) is 0 Å². The summed E-state index contributed by atoms with van der Waals surface area (Å²) in [5, 5.41) is -4.38. The van der Waals surface area contributed by atoms with E-state index in [4.69, 9.17) is 4.74 Å². The van der Waals surface area contributed by atoms with Crippen molar-refractivity contribution >= 4 is 19.9 Å². The molecule has 1 saturated heterocycles. The van der Waals surface area contributed by atoms with Crippen LogP contribution in [0.3, 0.4) is 0 Å². The molecule has 2 rings (SSSR count). The molecule has 10 heteroatoms. The van der Waals surface area contributed by atoms with Crippen LogP contribution in [0, 0.1) is 0 Å². The standard InChI is InChI=1S/C14H19F2NO5S2/c1-12(2,3)24(20,21)17-13(9-22-10-13)14(15,16)23(18,19)11-7-5-4-6-8-11/h4-8,17H,9-10H2,1-3H3. The van der Waals surface area contributed by atoms with Crippen LogP contribution in [0.4, 0.5) is 8.78 Å². The summed E-state index contributed by atoms with van der Waals surface area (Å²) in [6.07, 6.45) is 0. The fourth-order valence-electron chi connectivity index (χ4n) is 2.01. The fraction of sp³-hybridized carbons (Fsp3) is 0.571. The molecule has 1 heterocycles. The summed E-state index contributed by atoms with van der Waals surface area (Å²) in [5.41, 5.74) is -2.53. The van der Waals surface area contributed by atoms with Gasteiger partial charge in [-0.3, -0.25) is 0 Å². The summed E-state index contributed by atoms with van der Waals surface area (Å²) >= 11 is 0. The third-order valence-electron chi connectivity index (χ3n) is 3.78. The van der Waals surface area contributed by atoms with E-state index in [0.717, 1.165) is 12.1 Å². The van der Waals surface area contributed by atoms with Gasteiger partial charge in [0.05, 0.1) is 22.9 Å². The molecular weight excluding hydrogens is 364 g/mol. The number of sulfone groups is 1. The molecule has 1 fully saturated rings. The van der Waals surface area contributed by atoms with Gasteiger partial charge in [-0.1, -0.05) is 18.2 Å². The number of sulfonamides is 1. The highest BCUT2D eigenvalue weighted by Gasteiger charge is 2.68. The topological polar surface area (TPSA) is 89.5 Å². The van der Waals surface area contributed by atoms with Gasteiger partial charge in [-0.2, -0.15) is 13.5 Å². The number of benzene rings is 1. The van der Waals surface area contributed by atoms with Crippen molar-refractivity contribution in [3.63, 3.8) is 0 Å². The average molecular weight is 383 g/mol. The minimum Gasteiger partial charge on any atom is -0.377 e. The van der Waals surface area contributed by atoms with Crippen LogP contribution < -0.4 is 4.72 Å². The highest BCUT2D eigenvalue weighted by atomic mass is 32.2. The van der Waals surface area contributed by atoms with Gasteiger partial charge in [-0.05, 0) is 32.9 Å². The first-order valence-corrected chi connectivity index (χ1v) is 10.0. The highest BCUT2D eigenvalue weighted by molar-refractivity contribution is 7.93. The molecule has 6 nitrogen and oxygen atoms in total. The Labute approximate surface area is 140 Å². The Morgan fingerprint density at radius 2 is 1.54 bits per heavy atom. The number of hydrogen-bond acceptors (Lipinski definition) is 5. The van der Waals surface area contributed by atoms with Crippen LogP contribution in [-0.2, 0) is 24.6 Å². The van der Waals surface area contributed by atoms with E-state index in [0.29, 0.717) is 0 Å². The second-order valence-corrected chi connectivity index (χ2v) is 11.1. The zero-order valence-corrected chi connectivity index (χ0v) is 15.0. The van der Waals surface area contributed by atoms with Gasteiger partial charge in [0.15, 0.2) is 5.54 Å². The molecule has 136 valence electrons. The van der Waals surface area contributed by atoms with Gasteiger partial charge in [-0.15, -0.1) is 0 Å². The first-order chi connectivity index (χ1) is 10.8. The van der Waals surface area contributed by atoms with Gasteiger partial charge < -0.3 is 4.74 Å². The van der Waals surface area contributed by atoms with Crippen LogP contribution in [0.15, 0.2) is 35.2 Å². The van der Waals surface area contributed by atoms with E-state index in [1.54, 1.807) is 0 Å². The summed E-state index contributed by atoms with van der Waals surface area (Å²) in [6, 6.07) is 6.18. The van der Waals surface area contributed by atoms with Crippen molar-refractivity contribution < 1.29 is 30.4 Å². The Bertz CT molecular complexity index is 810. The van der Waals surface area contributed by atoms with Crippen molar-refractivity contribution in [3.8, 4) is 0 Å². The molecular formula is C14H19F2NO5S2. The minimum atomic E-state index is -5.12. The molecule has 0 unspecified atom stereocenters. The zero-order chi connectivity index (χ0) is 18.4. The van der Waals surface area contributed by atoms with E-state index in [2.05, 4.69) is 0 Å². The third kappa shape index (κ3) is 2.85. The van der Waals surface area contributed by atoms with Crippen LogP contribution in [-0.4, -0.2) is 45.6 Å². The van der Waals surface area contributed by atoms with Crippen LogP contribution in [0.25, 0.3) is 0 Å². The van der Waals surface area contributed by atoms with Crippen molar-refractivity contribution in [3.05, 3.63) is 30.3 Å². The second kappa shape index (κ2) is 5.72. The normalized spacial score (nSPS) is 18.9. The second-order valence-electron chi connectivity index (χ2n) is 6.63. The largest absolute Gasteiger partial charge is 0.377 e. The van der Waals surface area contributed by atoms with E-state index in [9.17, 15) is 25.6 Å². The molecule has 1 aliphatic heterocycles. The van der Waals surface area contributed by atoms with Gasteiger partial charge in [0.1, 0.15) is 0 Å². The Balaban J connectivity index is 2.50. The van der Waals surface area contributed by atoms with Crippen LogP contribution >= 0.6 is 0 Å². The molecule has 0 aliphatic carbocycles. The molecule has 0 atom stereocenters. The number of halogens is 2. The number of hydrogen-bond donors (Lipinski definition) is 1. The lowest BCUT2D eigenvalue weighted by atomic mass is 10.00. The maximum Gasteiger partial charge on any atom is 0.373 e. The predicted molar refractivity (Wildman–Crippen MR) is 83.9 cm³/mol. The maximum absolute atomic E-state index is 14.9. The first-order valence-electron chi connectivity index (χ1n) is 7.06. The lowest BCUT2D eigenvalue weighted by Gasteiger charge is -2.46. The molecule has 1 aromatic carbocycles. The summed E-state index contributed by atoms with van der Waals surface area (Å²) in [6.45, 7) is 2.51. The first kappa shape index (κ1) is 19.2. The zero-order valence-electron chi connectivity index (χ0n) is 13.4. The average Bonchev–Trinajstić information content (AvgIpc) is 2.42. The Morgan fingerprint density at radius 1 is 1.04 bits per heavy atom. The third-order valence-corrected chi connectivity index (χ3v) is 8.01. The molecule has 1 N–H and O–H groups in total. The van der Waals surface area contributed by atoms with E-state index >= 15 is 0 Å². The van der Waals surface area contributed by atoms with E-state index < -0.39 is 53.5 Å². The summed E-state index contributed by atoms with van der Waals surface area (Å²) in [5.74, 6) is 0. The van der Waals surface area contributed by atoms with Crippen molar-refractivity contribution in [2.75, 3.05) is 13.2 Å². The van der Waals surface area contributed by atoms with Crippen molar-refractivity contribution in [2.24, 2.45) is 0 Å². The molecule has 0 amide bonds. The molecule has 0 saturated carbocycles. The maximum atomic E-state index is 14.9. The molecule has 0 spiro atoms. The smallest absolute Gasteiger partial charge is 0.373 e. The Kier molecular flexibility index (Phi) is 4.58. The number of alkyl halides is 2. The number of ether oxygens (including phenoxy) is 1. The summed E-state index contributed by atoms with van der Waals surface area (Å²) in [7, 11) is -9.33. The lowest BCUT2D eigenvalue weighted by molar-refractivity contribution is -0.154. The van der Waals surface area contributed by atoms with Crippen molar-refractivity contribution in [1.82, 2.24) is 4.72 Å². The summed E-state index contributed by atoms with van der Waals surface area (Å²) < 4.78 is 84.4. The van der Waals surface area contributed by atoms with Gasteiger partial charge in [-0.25, -0.2) is 16.8 Å². The SMILES string of the molecule is CC(C)(C)S(=O)(=O)NC1(C(F)(F)S(=O)(=O)c2ccccc2)COC1. The van der Waals surface area contributed by atoms with Gasteiger partial charge >= 0.3 is 5.25 Å². The molecule has 0 radical (unpaired) electrons. The highest BCUT2D eigenvalue weighted by Crippen LogP contribution is 2.43. The van der Waals surface area contributed by atoms with E-state index in [-0.39, 0.29) is 0 Å². The van der Waals surface area contributed by atoms with Gasteiger partial charge in [0, 0.05) is 0 Å². The van der Waals surface area contributed by atoms with E-state index in [1.807, 2.05) is 4.72 Å². The minimum absolute atomic E-state index is 0.587. The molecule has 0 aromatic heterocycles. The molecule has 1 aliphatic rings. The quantitative estimate of drug-likeness (QED) is 0.833. The number of nitrogens with one attached hydrogen (secondary N) is 1. The van der Waals surface area contributed by atoms with Crippen LogP contribution in [0.1, 0.15) is 20.8 Å². The Hall–Kier alpha value is -1.10. The van der Waals surface area contributed by atoms with E-state index in [1.165, 1.54) is 39.0 Å². The van der Waals surface area contributed by atoms with Crippen LogP contribution in [0.5, 0.6) is 0 Å². The lowest BCUT2D eigenvalue weighted by Crippen LogP contribution is -2.74. The van der Waals surface area contributed by atoms with Crippen molar-refractivity contribution in [1.29, 1.82) is 0 Å². The monoisotopic (exact) mass is 383 g/mol. The predicted octanol–water partition coefficient (Wildman–Crippen LogP) is 1.54. The van der Waals surface area contributed by atoms with Gasteiger partial charge in [0.2, 0.25) is 19.9 Å². The van der Waals surface area contributed by atoms with Crippen molar-refractivity contribution in [2.45, 2.75) is 41.2 Å². The molecule has 24 heavy (non-hydrogen) atoms.